The highest BCUT2D eigenvalue weighted by molar-refractivity contribution is 7.99. The minimum atomic E-state index is -0.787. The summed E-state index contributed by atoms with van der Waals surface area (Å²) in [5.74, 6) is 0.649. The number of benzene rings is 1. The molecule has 1 unspecified atom stereocenters. The Balaban J connectivity index is 2.13. The lowest BCUT2D eigenvalue weighted by atomic mass is 10.1. The number of nitrogens with zero attached hydrogens (tertiary/aromatic N) is 1. The molecule has 0 saturated carbocycles. The number of aliphatic carboxylic acids is 1. The van der Waals surface area contributed by atoms with Gasteiger partial charge >= 0.3 is 5.97 Å². The SMILES string of the molecule is CCCSc1ncccc1-c1cc(F)c(SCCCCC(=O)O)c(P)c1. The Kier molecular flexibility index (Phi) is 8.89. The average Bonchev–Trinajstić information content (AvgIpc) is 2.61. The van der Waals surface area contributed by atoms with Crippen LogP contribution in [-0.2, 0) is 4.79 Å². The number of hydrogen-bond acceptors (Lipinski definition) is 4. The predicted molar refractivity (Wildman–Crippen MR) is 112 cm³/mol. The molecule has 2 rings (SSSR count). The number of halogens is 1. The second kappa shape index (κ2) is 10.9. The van der Waals surface area contributed by atoms with Gasteiger partial charge in [-0.1, -0.05) is 13.0 Å². The molecule has 0 radical (unpaired) electrons. The van der Waals surface area contributed by atoms with Crippen molar-refractivity contribution in [1.29, 1.82) is 0 Å². The molecule has 26 heavy (non-hydrogen) atoms. The van der Waals surface area contributed by atoms with Crippen molar-refractivity contribution in [2.75, 3.05) is 11.5 Å². The lowest BCUT2D eigenvalue weighted by Crippen LogP contribution is -2.02. The molecular weight excluding hydrogens is 388 g/mol. The van der Waals surface area contributed by atoms with Crippen LogP contribution in [0.25, 0.3) is 11.1 Å². The summed E-state index contributed by atoms with van der Waals surface area (Å²) >= 11 is 3.12. The Labute approximate surface area is 164 Å². The molecule has 1 aromatic heterocycles. The standard InChI is InChI=1S/C19H23FNO2PS2/c1-2-9-26-19-14(6-5-8-21-19)13-11-15(20)18(16(24)12-13)25-10-4-3-7-17(22)23/h5-6,8,11-12H,2-4,7,9-10,24H2,1H3,(H,22,23). The van der Waals surface area contributed by atoms with Crippen molar-refractivity contribution in [3.63, 3.8) is 0 Å². The van der Waals surface area contributed by atoms with E-state index in [1.807, 2.05) is 18.2 Å². The van der Waals surface area contributed by atoms with Crippen molar-refractivity contribution in [2.24, 2.45) is 0 Å². The van der Waals surface area contributed by atoms with E-state index >= 15 is 0 Å². The Hall–Kier alpha value is -1.10. The summed E-state index contributed by atoms with van der Waals surface area (Å²) in [5.41, 5.74) is 1.78. The Morgan fingerprint density at radius 2 is 2.08 bits per heavy atom. The van der Waals surface area contributed by atoms with Crippen molar-refractivity contribution in [3.05, 3.63) is 36.3 Å². The Morgan fingerprint density at radius 3 is 2.77 bits per heavy atom. The van der Waals surface area contributed by atoms with E-state index in [1.54, 1.807) is 24.0 Å². The largest absolute Gasteiger partial charge is 0.481 e. The van der Waals surface area contributed by atoms with Crippen LogP contribution in [0.4, 0.5) is 4.39 Å². The summed E-state index contributed by atoms with van der Waals surface area (Å²) in [6, 6.07) is 7.39. The maximum Gasteiger partial charge on any atom is 0.303 e. The quantitative estimate of drug-likeness (QED) is 0.329. The number of carbonyl (C=O) groups is 1. The summed E-state index contributed by atoms with van der Waals surface area (Å²) in [6.07, 6.45) is 4.35. The van der Waals surface area contributed by atoms with E-state index in [4.69, 9.17) is 5.11 Å². The van der Waals surface area contributed by atoms with Crippen molar-refractivity contribution in [1.82, 2.24) is 4.98 Å². The van der Waals surface area contributed by atoms with Crippen molar-refractivity contribution < 1.29 is 14.3 Å². The number of carboxylic acid groups (broad SMARTS) is 1. The van der Waals surface area contributed by atoms with Crippen LogP contribution in [0.5, 0.6) is 0 Å². The number of unbranched alkanes of at least 4 members (excludes halogenated alkanes) is 1. The molecular formula is C19H23FNO2PS2. The van der Waals surface area contributed by atoms with Gasteiger partial charge in [-0.05, 0) is 59.8 Å². The first-order valence-electron chi connectivity index (χ1n) is 8.54. The third-order valence-corrected chi connectivity index (χ3v) is 6.72. The van der Waals surface area contributed by atoms with E-state index in [1.165, 1.54) is 11.8 Å². The average molecular weight is 412 g/mol. The summed E-state index contributed by atoms with van der Waals surface area (Å²) in [7, 11) is 2.61. The first kappa shape index (κ1) is 21.2. The van der Waals surface area contributed by atoms with Gasteiger partial charge in [0, 0.05) is 18.2 Å². The van der Waals surface area contributed by atoms with E-state index in [2.05, 4.69) is 21.1 Å². The first-order chi connectivity index (χ1) is 12.5. The van der Waals surface area contributed by atoms with Gasteiger partial charge in [0.2, 0.25) is 0 Å². The molecule has 7 heteroatoms. The summed E-state index contributed by atoms with van der Waals surface area (Å²) in [6.45, 7) is 2.12. The molecule has 0 aliphatic heterocycles. The number of hydrogen-bond donors (Lipinski definition) is 1. The number of rotatable bonds is 10. The minimum absolute atomic E-state index is 0.162. The van der Waals surface area contributed by atoms with Gasteiger partial charge in [0.15, 0.2) is 0 Å². The Morgan fingerprint density at radius 1 is 1.27 bits per heavy atom. The van der Waals surface area contributed by atoms with E-state index < -0.39 is 5.97 Å². The van der Waals surface area contributed by atoms with Crippen LogP contribution in [0, 0.1) is 5.82 Å². The first-order valence-corrected chi connectivity index (χ1v) is 11.1. The number of thioether (sulfide) groups is 2. The summed E-state index contributed by atoms with van der Waals surface area (Å²) in [4.78, 5) is 15.6. The molecule has 2 aromatic rings. The minimum Gasteiger partial charge on any atom is -0.481 e. The maximum atomic E-state index is 14.7. The molecule has 3 nitrogen and oxygen atoms in total. The molecule has 1 aromatic carbocycles. The molecule has 0 aliphatic rings. The van der Waals surface area contributed by atoms with Gasteiger partial charge in [0.05, 0.1) is 4.90 Å². The third-order valence-electron chi connectivity index (χ3n) is 3.63. The third kappa shape index (κ3) is 6.26. The van der Waals surface area contributed by atoms with E-state index in [0.29, 0.717) is 17.1 Å². The van der Waals surface area contributed by atoms with Crippen LogP contribution >= 0.6 is 32.8 Å². The van der Waals surface area contributed by atoms with Gasteiger partial charge < -0.3 is 5.11 Å². The van der Waals surface area contributed by atoms with E-state index in [-0.39, 0.29) is 12.2 Å². The second-order valence-corrected chi connectivity index (χ2v) is 8.59. The van der Waals surface area contributed by atoms with Gasteiger partial charge in [-0.2, -0.15) is 0 Å². The van der Waals surface area contributed by atoms with Crippen LogP contribution in [-0.4, -0.2) is 27.6 Å². The fourth-order valence-electron chi connectivity index (χ4n) is 2.40. The van der Waals surface area contributed by atoms with Gasteiger partial charge in [0.25, 0.3) is 0 Å². The zero-order chi connectivity index (χ0) is 18.9. The lowest BCUT2D eigenvalue weighted by Gasteiger charge is -2.12. The second-order valence-electron chi connectivity index (χ2n) is 5.78. The van der Waals surface area contributed by atoms with Crippen LogP contribution in [0.15, 0.2) is 40.4 Å². The number of aromatic nitrogens is 1. The normalized spacial score (nSPS) is 10.9. The summed E-state index contributed by atoms with van der Waals surface area (Å²) in [5, 5.41) is 10.4. The molecule has 0 aliphatic carbocycles. The Bertz CT molecular complexity index is 735. The molecule has 0 amide bonds. The highest BCUT2D eigenvalue weighted by atomic mass is 32.2. The molecule has 140 valence electrons. The van der Waals surface area contributed by atoms with Crippen molar-refractivity contribution >= 4 is 44.0 Å². The smallest absolute Gasteiger partial charge is 0.303 e. The molecule has 1 atom stereocenters. The molecule has 1 N–H and O–H groups in total. The van der Waals surface area contributed by atoms with Gasteiger partial charge in [-0.15, -0.1) is 32.8 Å². The van der Waals surface area contributed by atoms with E-state index in [0.717, 1.165) is 40.1 Å². The predicted octanol–water partition coefficient (Wildman–Crippen LogP) is 5.24. The molecule has 0 spiro atoms. The molecule has 1 heterocycles. The molecule has 0 bridgehead atoms. The zero-order valence-electron chi connectivity index (χ0n) is 14.7. The monoisotopic (exact) mass is 411 g/mol. The highest BCUT2D eigenvalue weighted by Crippen LogP contribution is 2.33. The fraction of sp³-hybridized carbons (Fsp3) is 0.368. The number of carboxylic acids is 1. The van der Waals surface area contributed by atoms with E-state index in [9.17, 15) is 9.18 Å². The van der Waals surface area contributed by atoms with Crippen LogP contribution in [0.2, 0.25) is 0 Å². The topological polar surface area (TPSA) is 50.2 Å². The van der Waals surface area contributed by atoms with Crippen LogP contribution in [0.3, 0.4) is 0 Å². The highest BCUT2D eigenvalue weighted by Gasteiger charge is 2.13. The van der Waals surface area contributed by atoms with Crippen molar-refractivity contribution in [2.45, 2.75) is 42.5 Å². The van der Waals surface area contributed by atoms with Crippen molar-refractivity contribution in [3.8, 4) is 11.1 Å². The maximum absolute atomic E-state index is 14.7. The van der Waals surface area contributed by atoms with Gasteiger partial charge in [0.1, 0.15) is 10.8 Å². The molecule has 0 fully saturated rings. The lowest BCUT2D eigenvalue weighted by molar-refractivity contribution is -0.137. The van der Waals surface area contributed by atoms with Crippen LogP contribution < -0.4 is 5.30 Å². The van der Waals surface area contributed by atoms with Crippen LogP contribution in [0.1, 0.15) is 32.6 Å². The fourth-order valence-corrected chi connectivity index (χ4v) is 4.82. The number of pyridine rings is 1. The van der Waals surface area contributed by atoms with Gasteiger partial charge in [-0.25, -0.2) is 9.37 Å². The zero-order valence-corrected chi connectivity index (χ0v) is 17.5. The summed E-state index contributed by atoms with van der Waals surface area (Å²) < 4.78 is 14.7. The molecule has 0 saturated heterocycles. The van der Waals surface area contributed by atoms with Gasteiger partial charge in [-0.3, -0.25) is 4.79 Å².